The maximum absolute atomic E-state index is 10.4. The highest BCUT2D eigenvalue weighted by atomic mass is 35.5. The van der Waals surface area contributed by atoms with Crippen molar-refractivity contribution in [1.29, 1.82) is 0 Å². The van der Waals surface area contributed by atoms with Crippen molar-refractivity contribution < 1.29 is 34.8 Å². The van der Waals surface area contributed by atoms with Crippen LogP contribution in [0.5, 0.6) is 0 Å². The van der Waals surface area contributed by atoms with Crippen LogP contribution in [-0.2, 0) is 11.2 Å². The van der Waals surface area contributed by atoms with Gasteiger partial charge in [0.05, 0.1) is 34.4 Å². The second kappa shape index (κ2) is 12.4. The number of benzene rings is 1. The lowest BCUT2D eigenvalue weighted by atomic mass is 9.90. The van der Waals surface area contributed by atoms with Crippen molar-refractivity contribution >= 4 is 11.6 Å². The molecule has 2 aliphatic carbocycles. The van der Waals surface area contributed by atoms with Crippen molar-refractivity contribution in [2.24, 2.45) is 0 Å². The van der Waals surface area contributed by atoms with Gasteiger partial charge < -0.3 is 34.8 Å². The molecule has 0 saturated carbocycles. The van der Waals surface area contributed by atoms with Crippen molar-refractivity contribution in [3.63, 3.8) is 0 Å². The van der Waals surface area contributed by atoms with Crippen LogP contribution in [0.25, 0.3) is 11.1 Å². The summed E-state index contributed by atoms with van der Waals surface area (Å²) < 4.78 is 6.51. The second-order valence-corrected chi connectivity index (χ2v) is 10.6. The molecule has 4 rings (SSSR count). The Hall–Kier alpha value is -2.07. The molecule has 5 atom stereocenters. The number of quaternary nitrogens is 1. The summed E-state index contributed by atoms with van der Waals surface area (Å²) in [5.41, 5.74) is 4.89. The smallest absolute Gasteiger partial charge is 0.113 e. The number of fused-ring (bicyclic) bond motifs is 1. The largest absolute Gasteiger partial charge is 0.394 e. The molecule has 196 valence electrons. The zero-order valence-corrected chi connectivity index (χ0v) is 21.7. The van der Waals surface area contributed by atoms with E-state index in [9.17, 15) is 20.4 Å². The molecule has 0 amide bonds. The predicted molar refractivity (Wildman–Crippen MR) is 140 cm³/mol. The lowest BCUT2D eigenvalue weighted by molar-refractivity contribution is -0.870. The number of hydrogen-bond donors (Lipinski definition) is 5. The summed E-state index contributed by atoms with van der Waals surface area (Å²) >= 11 is 6.42. The average Bonchev–Trinajstić information content (AvgIpc) is 3.07. The van der Waals surface area contributed by atoms with E-state index in [0.717, 1.165) is 33.3 Å². The van der Waals surface area contributed by atoms with Gasteiger partial charge in [0.2, 0.25) is 0 Å². The maximum Gasteiger partial charge on any atom is 0.113 e. The van der Waals surface area contributed by atoms with E-state index in [-0.39, 0.29) is 6.61 Å². The molecule has 0 aromatic heterocycles. The Morgan fingerprint density at radius 2 is 1.47 bits per heavy atom. The van der Waals surface area contributed by atoms with Crippen LogP contribution in [0.2, 0.25) is 5.02 Å². The Bertz CT molecular complexity index is 1050. The molecule has 5 N–H and O–H groups in total. The minimum Gasteiger partial charge on any atom is -0.394 e. The Kier molecular flexibility index (Phi) is 9.86. The van der Waals surface area contributed by atoms with Gasteiger partial charge in [0.1, 0.15) is 37.1 Å². The molecule has 3 aliphatic rings. The summed E-state index contributed by atoms with van der Waals surface area (Å²) in [6.45, 7) is 0.656. The highest BCUT2D eigenvalue weighted by molar-refractivity contribution is 6.31. The van der Waals surface area contributed by atoms with Crippen molar-refractivity contribution in [3.8, 4) is 11.1 Å². The fraction of sp³-hybridized carbons (Fsp3) is 0.429. The van der Waals surface area contributed by atoms with Crippen molar-refractivity contribution in [2.75, 3.05) is 40.9 Å². The molecule has 1 aromatic rings. The number of aliphatic hydroxyl groups excluding tert-OH is 5. The van der Waals surface area contributed by atoms with Crippen molar-refractivity contribution in [1.82, 2.24) is 0 Å². The normalized spacial score (nSPS) is 24.3. The first-order valence-electron chi connectivity index (χ1n) is 12.0. The fourth-order valence-electron chi connectivity index (χ4n) is 4.19. The molecule has 0 radical (unpaired) electrons. The first kappa shape index (κ1) is 28.5. The van der Waals surface area contributed by atoms with Gasteiger partial charge in [-0.2, -0.15) is 0 Å². The number of ether oxygens (including phenoxy) is 1. The number of hydrogen-bond acceptors (Lipinski definition) is 6. The molecule has 7 nitrogen and oxygen atoms in total. The van der Waals surface area contributed by atoms with Crippen molar-refractivity contribution in [3.05, 3.63) is 82.4 Å². The Balaban J connectivity index is 0.000000454. The summed E-state index contributed by atoms with van der Waals surface area (Å²) in [7, 11) is 6.16. The summed E-state index contributed by atoms with van der Waals surface area (Å²) in [6, 6.07) is 19.6. The molecule has 1 aliphatic heterocycles. The van der Waals surface area contributed by atoms with Crippen molar-refractivity contribution in [2.45, 2.75) is 36.9 Å². The summed E-state index contributed by atoms with van der Waals surface area (Å²) in [4.78, 5) is 0. The van der Waals surface area contributed by atoms with Crippen LogP contribution in [0.1, 0.15) is 22.8 Å². The lowest BCUT2D eigenvalue weighted by Gasteiger charge is -2.40. The lowest BCUT2D eigenvalue weighted by Crippen LogP contribution is -2.55. The topological polar surface area (TPSA) is 110 Å². The molecule has 8 heteroatoms. The molecule has 0 bridgehead atoms. The zero-order valence-electron chi connectivity index (χ0n) is 21.0. The third-order valence-electron chi connectivity index (χ3n) is 6.24. The number of aliphatic hydroxyl groups is 5. The second-order valence-electron chi connectivity index (χ2n) is 10.2. The van der Waals surface area contributed by atoms with E-state index in [2.05, 4.69) is 45.4 Å². The third kappa shape index (κ3) is 7.25. The number of nitrogens with zero attached hydrogens (tertiary/aromatic N) is 1. The van der Waals surface area contributed by atoms with Gasteiger partial charge in [0, 0.05) is 5.02 Å². The molecule has 1 fully saturated rings. The quantitative estimate of drug-likeness (QED) is 0.320. The summed E-state index contributed by atoms with van der Waals surface area (Å²) in [5.74, 6) is 0. The Morgan fingerprint density at radius 1 is 0.833 bits per heavy atom. The predicted octanol–water partition coefficient (Wildman–Crippen LogP) is 2.24. The van der Waals surface area contributed by atoms with Gasteiger partial charge in [-0.05, 0) is 40.3 Å². The third-order valence-corrected chi connectivity index (χ3v) is 6.61. The van der Waals surface area contributed by atoms with E-state index >= 15 is 0 Å². The van der Waals surface area contributed by atoms with Crippen LogP contribution in [0.3, 0.4) is 0 Å². The molecule has 1 heterocycles. The highest BCUT2D eigenvalue weighted by Crippen LogP contribution is 2.35. The molecular formula is C28H37ClNO6+. The Morgan fingerprint density at radius 3 is 2.00 bits per heavy atom. The SMILES string of the molecule is C[N+](C)(C)CCO.OC[C@H]1O[C@@H](c2ccc(Cl)c(Cc3cc4cccccc-4c3)c2)[C@H](O)[C@@H](O)[C@@H]1O. The average molecular weight is 519 g/mol. The van der Waals surface area contributed by atoms with Gasteiger partial charge in [0.15, 0.2) is 0 Å². The van der Waals surface area contributed by atoms with Gasteiger partial charge in [-0.3, -0.25) is 0 Å². The van der Waals surface area contributed by atoms with Gasteiger partial charge in [0.25, 0.3) is 0 Å². The number of rotatable bonds is 6. The zero-order chi connectivity index (χ0) is 26.5. The first-order valence-corrected chi connectivity index (χ1v) is 12.4. The minimum absolute atomic E-state index is 0.281. The van der Waals surface area contributed by atoms with Gasteiger partial charge in [-0.25, -0.2) is 0 Å². The number of likely N-dealkylation sites (N-methyl/N-ethyl adjacent to an activating group) is 1. The van der Waals surface area contributed by atoms with Gasteiger partial charge >= 0.3 is 0 Å². The van der Waals surface area contributed by atoms with Gasteiger partial charge in [-0.15, -0.1) is 0 Å². The van der Waals surface area contributed by atoms with E-state index in [1.165, 1.54) is 0 Å². The fourth-order valence-corrected chi connectivity index (χ4v) is 4.37. The van der Waals surface area contributed by atoms with Crippen LogP contribution >= 0.6 is 11.6 Å². The summed E-state index contributed by atoms with van der Waals surface area (Å²) in [5, 5.41) is 48.8. The molecule has 1 aromatic carbocycles. The van der Waals surface area contributed by atoms with Crippen LogP contribution < -0.4 is 0 Å². The van der Waals surface area contributed by atoms with Crippen LogP contribution in [0, 0.1) is 0 Å². The molecular weight excluding hydrogens is 482 g/mol. The molecule has 1 saturated heterocycles. The molecule has 0 unspecified atom stereocenters. The number of halogens is 1. The highest BCUT2D eigenvalue weighted by Gasteiger charge is 2.44. The van der Waals surface area contributed by atoms with Crippen LogP contribution in [0.4, 0.5) is 0 Å². The van der Waals surface area contributed by atoms with Gasteiger partial charge in [-0.1, -0.05) is 66.2 Å². The van der Waals surface area contributed by atoms with Crippen LogP contribution in [0.15, 0.2) is 60.7 Å². The van der Waals surface area contributed by atoms with E-state index < -0.39 is 37.1 Å². The van der Waals surface area contributed by atoms with E-state index in [1.807, 2.05) is 24.3 Å². The monoisotopic (exact) mass is 518 g/mol. The van der Waals surface area contributed by atoms with Crippen LogP contribution in [-0.4, -0.2) is 95.3 Å². The van der Waals surface area contributed by atoms with E-state index in [4.69, 9.17) is 21.4 Å². The Labute approximate surface area is 217 Å². The minimum atomic E-state index is -1.41. The standard InChI is InChI=1S/C23H23ClO5.C5H14NO/c24-18-7-6-16(23-22(28)21(27)20(26)19(12-25)29-23)11-17(18)10-13-8-14-4-2-1-3-5-15(14)9-13;1-6(2,3)4-5-7/h1-9,11,19-23,25-28H,10,12H2;7H,4-5H2,1-3H3/q;+1/t19-,20-,21+,22-,23+;/m1./s1. The summed E-state index contributed by atoms with van der Waals surface area (Å²) in [6.07, 6.45) is -5.33. The maximum atomic E-state index is 10.4. The van der Waals surface area contributed by atoms with E-state index in [1.54, 1.807) is 12.1 Å². The first-order chi connectivity index (χ1) is 17.0. The van der Waals surface area contributed by atoms with E-state index in [0.29, 0.717) is 17.0 Å². The molecule has 0 spiro atoms. The molecule has 36 heavy (non-hydrogen) atoms.